The standard InChI is InChI=1S/C14H19FN2O/c15-12-7-6-11(9-13(12)16)17-14(18)8-10-4-2-1-3-5-10/h6-7,9-10H,1-5,8,16H2,(H,17,18). The van der Waals surface area contributed by atoms with Crippen molar-refractivity contribution >= 4 is 17.3 Å². The number of rotatable bonds is 3. The van der Waals surface area contributed by atoms with Crippen LogP contribution in [0.2, 0.25) is 0 Å². The first-order valence-electron chi connectivity index (χ1n) is 6.50. The number of amides is 1. The second kappa shape index (κ2) is 5.85. The number of nitrogens with two attached hydrogens (primary N) is 1. The largest absolute Gasteiger partial charge is 0.396 e. The Labute approximate surface area is 107 Å². The first kappa shape index (κ1) is 12.9. The molecule has 0 spiro atoms. The fourth-order valence-electron chi connectivity index (χ4n) is 2.49. The third-order valence-corrected chi connectivity index (χ3v) is 3.48. The van der Waals surface area contributed by atoms with E-state index in [0.29, 0.717) is 18.0 Å². The molecular weight excluding hydrogens is 231 g/mol. The molecule has 3 N–H and O–H groups in total. The smallest absolute Gasteiger partial charge is 0.224 e. The van der Waals surface area contributed by atoms with Crippen molar-refractivity contribution in [1.82, 2.24) is 0 Å². The van der Waals surface area contributed by atoms with Crippen molar-refractivity contribution in [2.24, 2.45) is 5.92 Å². The lowest BCUT2D eigenvalue weighted by Gasteiger charge is -2.20. The van der Waals surface area contributed by atoms with Crippen molar-refractivity contribution in [2.75, 3.05) is 11.1 Å². The summed E-state index contributed by atoms with van der Waals surface area (Å²) in [4.78, 5) is 11.8. The number of nitrogen functional groups attached to an aromatic ring is 1. The van der Waals surface area contributed by atoms with Gasteiger partial charge >= 0.3 is 0 Å². The van der Waals surface area contributed by atoms with Gasteiger partial charge in [-0.15, -0.1) is 0 Å². The van der Waals surface area contributed by atoms with Crippen LogP contribution in [-0.4, -0.2) is 5.91 Å². The van der Waals surface area contributed by atoms with Gasteiger partial charge in [0.15, 0.2) is 0 Å². The molecule has 1 aliphatic carbocycles. The highest BCUT2D eigenvalue weighted by atomic mass is 19.1. The Kier molecular flexibility index (Phi) is 4.18. The molecule has 1 aliphatic rings. The second-order valence-electron chi connectivity index (χ2n) is 4.99. The fraction of sp³-hybridized carbons (Fsp3) is 0.500. The number of carbonyl (C=O) groups is 1. The Morgan fingerprint density at radius 3 is 2.72 bits per heavy atom. The first-order valence-corrected chi connectivity index (χ1v) is 6.50. The summed E-state index contributed by atoms with van der Waals surface area (Å²) in [5, 5.41) is 2.77. The zero-order chi connectivity index (χ0) is 13.0. The molecule has 1 fully saturated rings. The number of benzene rings is 1. The van der Waals surface area contributed by atoms with E-state index >= 15 is 0 Å². The second-order valence-corrected chi connectivity index (χ2v) is 4.99. The average Bonchev–Trinajstić information content (AvgIpc) is 2.35. The first-order chi connectivity index (χ1) is 8.65. The molecule has 0 aromatic heterocycles. The molecule has 0 atom stereocenters. The fourth-order valence-corrected chi connectivity index (χ4v) is 2.49. The van der Waals surface area contributed by atoms with E-state index in [2.05, 4.69) is 5.32 Å². The Hall–Kier alpha value is -1.58. The highest BCUT2D eigenvalue weighted by molar-refractivity contribution is 5.91. The molecule has 1 amide bonds. The third kappa shape index (κ3) is 3.45. The van der Waals surface area contributed by atoms with Crippen molar-refractivity contribution in [3.8, 4) is 0 Å². The Morgan fingerprint density at radius 2 is 2.06 bits per heavy atom. The van der Waals surface area contributed by atoms with Crippen LogP contribution in [0.1, 0.15) is 38.5 Å². The molecule has 3 nitrogen and oxygen atoms in total. The summed E-state index contributed by atoms with van der Waals surface area (Å²) in [6.45, 7) is 0. The molecule has 18 heavy (non-hydrogen) atoms. The zero-order valence-corrected chi connectivity index (χ0v) is 10.4. The maximum absolute atomic E-state index is 13.0. The summed E-state index contributed by atoms with van der Waals surface area (Å²) in [6.07, 6.45) is 6.56. The van der Waals surface area contributed by atoms with Gasteiger partial charge in [0.2, 0.25) is 5.91 Å². The lowest BCUT2D eigenvalue weighted by molar-refractivity contribution is -0.117. The van der Waals surface area contributed by atoms with Gasteiger partial charge in [0.1, 0.15) is 5.82 Å². The van der Waals surface area contributed by atoms with Crippen LogP contribution in [0.25, 0.3) is 0 Å². The highest BCUT2D eigenvalue weighted by Crippen LogP contribution is 2.26. The molecule has 1 aromatic carbocycles. The lowest BCUT2D eigenvalue weighted by Crippen LogP contribution is -2.18. The van der Waals surface area contributed by atoms with Crippen molar-refractivity contribution in [3.05, 3.63) is 24.0 Å². The van der Waals surface area contributed by atoms with Crippen LogP contribution in [0, 0.1) is 11.7 Å². The number of halogens is 1. The Bertz CT molecular complexity index is 428. The molecule has 0 unspecified atom stereocenters. The van der Waals surface area contributed by atoms with Crippen LogP contribution in [0.3, 0.4) is 0 Å². The van der Waals surface area contributed by atoms with Gasteiger partial charge in [0.25, 0.3) is 0 Å². The molecule has 1 aromatic rings. The van der Waals surface area contributed by atoms with Crippen molar-refractivity contribution in [2.45, 2.75) is 38.5 Å². The van der Waals surface area contributed by atoms with Gasteiger partial charge < -0.3 is 11.1 Å². The third-order valence-electron chi connectivity index (χ3n) is 3.48. The van der Waals surface area contributed by atoms with E-state index in [9.17, 15) is 9.18 Å². The molecule has 0 aliphatic heterocycles. The number of hydrogen-bond acceptors (Lipinski definition) is 2. The van der Waals surface area contributed by atoms with E-state index in [4.69, 9.17) is 5.73 Å². The molecular formula is C14H19FN2O. The van der Waals surface area contributed by atoms with E-state index in [0.717, 1.165) is 12.8 Å². The Balaban J connectivity index is 1.88. The molecule has 0 heterocycles. The molecule has 0 radical (unpaired) electrons. The minimum absolute atomic E-state index is 0.00657. The molecule has 2 rings (SSSR count). The molecule has 4 heteroatoms. The zero-order valence-electron chi connectivity index (χ0n) is 10.4. The van der Waals surface area contributed by atoms with E-state index < -0.39 is 5.82 Å². The van der Waals surface area contributed by atoms with Gasteiger partial charge in [-0.2, -0.15) is 0 Å². The average molecular weight is 250 g/mol. The minimum Gasteiger partial charge on any atom is -0.396 e. The highest BCUT2D eigenvalue weighted by Gasteiger charge is 2.17. The normalized spacial score (nSPS) is 16.5. The maximum Gasteiger partial charge on any atom is 0.224 e. The van der Waals surface area contributed by atoms with Gasteiger partial charge in [0.05, 0.1) is 5.69 Å². The number of carbonyl (C=O) groups excluding carboxylic acids is 1. The van der Waals surface area contributed by atoms with Crippen molar-refractivity contribution in [1.29, 1.82) is 0 Å². The van der Waals surface area contributed by atoms with Gasteiger partial charge in [-0.25, -0.2) is 4.39 Å². The molecule has 0 saturated heterocycles. The predicted molar refractivity (Wildman–Crippen MR) is 70.6 cm³/mol. The summed E-state index contributed by atoms with van der Waals surface area (Å²) in [7, 11) is 0. The summed E-state index contributed by atoms with van der Waals surface area (Å²) >= 11 is 0. The molecule has 0 bridgehead atoms. The van der Waals surface area contributed by atoms with Crippen LogP contribution in [0.5, 0.6) is 0 Å². The van der Waals surface area contributed by atoms with Crippen LogP contribution >= 0.6 is 0 Å². The van der Waals surface area contributed by atoms with Crippen LogP contribution in [-0.2, 0) is 4.79 Å². The van der Waals surface area contributed by atoms with Gasteiger partial charge in [-0.05, 0) is 37.0 Å². The van der Waals surface area contributed by atoms with Gasteiger partial charge in [-0.1, -0.05) is 19.3 Å². The van der Waals surface area contributed by atoms with Crippen molar-refractivity contribution in [3.63, 3.8) is 0 Å². The number of anilines is 2. The van der Waals surface area contributed by atoms with E-state index in [1.54, 1.807) is 0 Å². The predicted octanol–water partition coefficient (Wildman–Crippen LogP) is 3.32. The maximum atomic E-state index is 13.0. The summed E-state index contributed by atoms with van der Waals surface area (Å²) in [5.41, 5.74) is 6.08. The number of hydrogen-bond donors (Lipinski definition) is 2. The molecule has 1 saturated carbocycles. The quantitative estimate of drug-likeness (QED) is 0.808. The summed E-state index contributed by atoms with van der Waals surface area (Å²) in [6, 6.07) is 4.25. The lowest BCUT2D eigenvalue weighted by atomic mass is 9.87. The van der Waals surface area contributed by atoms with Crippen molar-refractivity contribution < 1.29 is 9.18 Å². The summed E-state index contributed by atoms with van der Waals surface area (Å²) in [5.74, 6) is 0.0322. The van der Waals surface area contributed by atoms with Gasteiger partial charge in [-0.3, -0.25) is 4.79 Å². The topological polar surface area (TPSA) is 55.1 Å². The van der Waals surface area contributed by atoms with Gasteiger partial charge in [0, 0.05) is 12.1 Å². The van der Waals surface area contributed by atoms with Crippen LogP contribution in [0.15, 0.2) is 18.2 Å². The van der Waals surface area contributed by atoms with E-state index in [-0.39, 0.29) is 11.6 Å². The monoisotopic (exact) mass is 250 g/mol. The SMILES string of the molecule is Nc1cc(NC(=O)CC2CCCCC2)ccc1F. The minimum atomic E-state index is -0.458. The van der Waals surface area contributed by atoms with E-state index in [1.165, 1.54) is 37.5 Å². The number of nitrogens with one attached hydrogen (secondary N) is 1. The van der Waals surface area contributed by atoms with E-state index in [1.807, 2.05) is 0 Å². The Morgan fingerprint density at radius 1 is 1.33 bits per heavy atom. The van der Waals surface area contributed by atoms with Crippen LogP contribution in [0.4, 0.5) is 15.8 Å². The van der Waals surface area contributed by atoms with Crippen LogP contribution < -0.4 is 11.1 Å². The molecule has 98 valence electrons. The summed E-state index contributed by atoms with van der Waals surface area (Å²) < 4.78 is 13.0.